The molecular formula is C37H42ClNO4. The molecule has 1 heterocycles. The van der Waals surface area contributed by atoms with E-state index in [-0.39, 0.29) is 29.9 Å². The highest BCUT2D eigenvalue weighted by Gasteiger charge is 2.58. The molecule has 3 aromatic carbocycles. The first-order valence-corrected chi connectivity index (χ1v) is 16.2. The third kappa shape index (κ3) is 4.84. The third-order valence-electron chi connectivity index (χ3n) is 10.9. The highest BCUT2D eigenvalue weighted by atomic mass is 35.5. The summed E-state index contributed by atoms with van der Waals surface area (Å²) < 4.78 is 11.8. The molecule has 0 aromatic heterocycles. The number of halogens is 1. The quantitative estimate of drug-likeness (QED) is 0.297. The largest absolute Gasteiger partial charge is 0.493 e. The number of ether oxygens (including phenoxy) is 2. The predicted octanol–water partition coefficient (Wildman–Crippen LogP) is 8.24. The van der Waals surface area contributed by atoms with Crippen LogP contribution in [0.1, 0.15) is 87.6 Å². The van der Waals surface area contributed by atoms with Gasteiger partial charge < -0.3 is 19.5 Å². The van der Waals surface area contributed by atoms with E-state index in [0.29, 0.717) is 16.5 Å². The Bertz CT molecular complexity index is 1490. The average molecular weight is 600 g/mol. The molecule has 8 rings (SSSR count). The normalized spacial score (nSPS) is 29.0. The molecule has 3 aromatic rings. The summed E-state index contributed by atoms with van der Waals surface area (Å²) >= 11 is 6.29. The lowest BCUT2D eigenvalue weighted by atomic mass is 9.45. The van der Waals surface area contributed by atoms with Crippen LogP contribution in [0.25, 0.3) is 0 Å². The molecule has 1 unspecified atom stereocenters. The molecule has 4 bridgehead atoms. The number of hydrogen-bond donors (Lipinski definition) is 1. The predicted molar refractivity (Wildman–Crippen MR) is 170 cm³/mol. The number of amides is 1. The number of nitrogens with zero attached hydrogens (tertiary/aromatic N) is 1. The van der Waals surface area contributed by atoms with E-state index in [1.165, 1.54) is 19.3 Å². The Morgan fingerprint density at radius 1 is 0.930 bits per heavy atom. The summed E-state index contributed by atoms with van der Waals surface area (Å²) in [6.45, 7) is 6.02. The van der Waals surface area contributed by atoms with Crippen molar-refractivity contribution in [3.63, 3.8) is 0 Å². The van der Waals surface area contributed by atoms with Crippen LogP contribution in [0, 0.1) is 23.2 Å². The van der Waals surface area contributed by atoms with Crippen LogP contribution < -0.4 is 14.4 Å². The van der Waals surface area contributed by atoms with Crippen molar-refractivity contribution in [2.45, 2.75) is 83.5 Å². The molecule has 43 heavy (non-hydrogen) atoms. The number of anilines is 1. The lowest BCUT2D eigenvalue weighted by Crippen LogP contribution is -2.55. The van der Waals surface area contributed by atoms with Crippen LogP contribution in [-0.4, -0.2) is 24.2 Å². The summed E-state index contributed by atoms with van der Waals surface area (Å²) in [5.41, 5.74) is 3.68. The minimum absolute atomic E-state index is 0.00706. The molecule has 226 valence electrons. The number of methoxy groups -OCH3 is 1. The van der Waals surface area contributed by atoms with Crippen LogP contribution in [0.5, 0.6) is 11.5 Å². The molecule has 4 fully saturated rings. The van der Waals surface area contributed by atoms with Crippen molar-refractivity contribution >= 4 is 23.2 Å². The van der Waals surface area contributed by atoms with E-state index in [9.17, 15) is 9.90 Å². The zero-order chi connectivity index (χ0) is 30.1. The highest BCUT2D eigenvalue weighted by molar-refractivity contribution is 6.30. The summed E-state index contributed by atoms with van der Waals surface area (Å²) in [6.07, 6.45) is 7.62. The van der Waals surface area contributed by atoms with Gasteiger partial charge in [-0.15, -0.1) is 0 Å². The van der Waals surface area contributed by atoms with E-state index in [0.717, 1.165) is 65.0 Å². The van der Waals surface area contributed by atoms with Crippen molar-refractivity contribution in [2.24, 2.45) is 23.2 Å². The van der Waals surface area contributed by atoms with Crippen molar-refractivity contribution < 1.29 is 19.4 Å². The SMILES string of the molecule is COc1cc2c(cc1OC(C)C)C(c1ccc(Cl)cc1)N(c1ccc([C@@](C)(O)C34CC5CC(CC(C5)C3)C4)cc1)C(=O)C2. The van der Waals surface area contributed by atoms with E-state index in [1.54, 1.807) is 7.11 Å². The number of rotatable bonds is 7. The molecule has 1 N–H and O–H groups in total. The number of carbonyl (C=O) groups is 1. The second-order valence-corrected chi connectivity index (χ2v) is 14.5. The molecule has 0 radical (unpaired) electrons. The molecule has 4 saturated carbocycles. The topological polar surface area (TPSA) is 59.0 Å². The van der Waals surface area contributed by atoms with Crippen molar-refractivity contribution in [1.82, 2.24) is 0 Å². The maximum Gasteiger partial charge on any atom is 0.232 e. The Hall–Kier alpha value is -3.02. The molecule has 5 aliphatic rings. The smallest absolute Gasteiger partial charge is 0.232 e. The molecule has 0 saturated heterocycles. The van der Waals surface area contributed by atoms with E-state index in [1.807, 2.05) is 74.2 Å². The van der Waals surface area contributed by atoms with Crippen LogP contribution in [-0.2, 0) is 16.8 Å². The molecule has 1 aliphatic heterocycles. The van der Waals surface area contributed by atoms with Crippen LogP contribution >= 0.6 is 11.6 Å². The average Bonchev–Trinajstić information content (AvgIpc) is 2.96. The van der Waals surface area contributed by atoms with Crippen LogP contribution in [0.2, 0.25) is 5.02 Å². The molecule has 6 heteroatoms. The van der Waals surface area contributed by atoms with E-state index in [4.69, 9.17) is 21.1 Å². The zero-order valence-corrected chi connectivity index (χ0v) is 26.4. The Balaban J connectivity index is 1.28. The Morgan fingerprint density at radius 3 is 2.09 bits per heavy atom. The second-order valence-electron chi connectivity index (χ2n) is 14.1. The molecule has 0 spiro atoms. The molecule has 2 atom stereocenters. The summed E-state index contributed by atoms with van der Waals surface area (Å²) in [7, 11) is 1.63. The Morgan fingerprint density at radius 2 is 1.53 bits per heavy atom. The van der Waals surface area contributed by atoms with E-state index in [2.05, 4.69) is 12.1 Å². The second kappa shape index (κ2) is 10.6. The van der Waals surface area contributed by atoms with Gasteiger partial charge in [-0.25, -0.2) is 0 Å². The first-order chi connectivity index (χ1) is 20.6. The van der Waals surface area contributed by atoms with Gasteiger partial charge in [-0.05, 0) is 136 Å². The standard InChI is InChI=1S/C37H42ClNO4/c1-22(2)43-33-18-31-27(16-32(33)42-4)17-34(40)39(35(31)26-5-9-29(38)10-6-26)30-11-7-28(8-12-30)36(3,41)37-19-23-13-24(20-37)15-25(14-23)21-37/h5-12,16,18,22-25,35,41H,13-15,17,19-21H2,1-4H3/t23?,24?,25?,35?,36-,37?/m1/s1. The lowest BCUT2D eigenvalue weighted by Gasteiger charge is -2.61. The summed E-state index contributed by atoms with van der Waals surface area (Å²) in [5.74, 6) is 3.56. The number of aliphatic hydroxyl groups is 1. The van der Waals surface area contributed by atoms with Gasteiger partial charge in [0.25, 0.3) is 0 Å². The number of fused-ring (bicyclic) bond motifs is 1. The van der Waals surface area contributed by atoms with E-state index >= 15 is 0 Å². The molecule has 4 aliphatic carbocycles. The molecule has 1 amide bonds. The minimum atomic E-state index is -0.907. The van der Waals surface area contributed by atoms with Gasteiger partial charge in [0.15, 0.2) is 11.5 Å². The highest BCUT2D eigenvalue weighted by Crippen LogP contribution is 2.65. The van der Waals surface area contributed by atoms with Crippen molar-refractivity contribution in [2.75, 3.05) is 12.0 Å². The van der Waals surface area contributed by atoms with Gasteiger partial charge >= 0.3 is 0 Å². The number of hydrogen-bond acceptors (Lipinski definition) is 4. The van der Waals surface area contributed by atoms with Crippen molar-refractivity contribution in [3.8, 4) is 11.5 Å². The van der Waals surface area contributed by atoms with Crippen molar-refractivity contribution in [1.29, 1.82) is 0 Å². The van der Waals surface area contributed by atoms with E-state index < -0.39 is 5.60 Å². The number of benzene rings is 3. The Labute approximate surface area is 260 Å². The van der Waals surface area contributed by atoms with Gasteiger partial charge in [0.1, 0.15) is 0 Å². The van der Waals surface area contributed by atoms with Crippen LogP contribution in [0.4, 0.5) is 5.69 Å². The fourth-order valence-corrected chi connectivity index (χ4v) is 9.41. The molecule has 5 nitrogen and oxygen atoms in total. The first kappa shape index (κ1) is 28.7. The van der Waals surface area contributed by atoms with Crippen LogP contribution in [0.15, 0.2) is 60.7 Å². The maximum atomic E-state index is 14.0. The van der Waals surface area contributed by atoms with Gasteiger partial charge in [-0.1, -0.05) is 35.9 Å². The monoisotopic (exact) mass is 599 g/mol. The van der Waals surface area contributed by atoms with Crippen LogP contribution in [0.3, 0.4) is 0 Å². The van der Waals surface area contributed by atoms with Gasteiger partial charge in [-0.3, -0.25) is 4.79 Å². The fourth-order valence-electron chi connectivity index (χ4n) is 9.29. The molecular weight excluding hydrogens is 558 g/mol. The van der Waals surface area contributed by atoms with Crippen molar-refractivity contribution in [3.05, 3.63) is 87.9 Å². The summed E-state index contributed by atoms with van der Waals surface area (Å²) in [5, 5.41) is 12.9. The summed E-state index contributed by atoms with van der Waals surface area (Å²) in [4.78, 5) is 15.8. The number of carbonyl (C=O) groups excluding carboxylic acids is 1. The lowest BCUT2D eigenvalue weighted by molar-refractivity contribution is -0.176. The summed E-state index contributed by atoms with van der Waals surface area (Å²) in [6, 6.07) is 19.5. The Kier molecular flexibility index (Phi) is 7.05. The first-order valence-electron chi connectivity index (χ1n) is 15.8. The zero-order valence-electron chi connectivity index (χ0n) is 25.6. The third-order valence-corrected chi connectivity index (χ3v) is 11.2. The van der Waals surface area contributed by atoms with Gasteiger partial charge in [-0.2, -0.15) is 0 Å². The minimum Gasteiger partial charge on any atom is -0.493 e. The van der Waals surface area contributed by atoms with Gasteiger partial charge in [0.2, 0.25) is 5.91 Å². The maximum absolute atomic E-state index is 14.0. The van der Waals surface area contributed by atoms with Gasteiger partial charge in [0.05, 0.1) is 31.3 Å². The van der Waals surface area contributed by atoms with Gasteiger partial charge in [0, 0.05) is 16.1 Å². The fraction of sp³-hybridized carbons (Fsp3) is 0.486.